The number of rotatable bonds is 4. The molecule has 1 amide bonds. The van der Waals surface area contributed by atoms with E-state index >= 15 is 0 Å². The van der Waals surface area contributed by atoms with Crippen LogP contribution in [0.3, 0.4) is 0 Å². The summed E-state index contributed by atoms with van der Waals surface area (Å²) in [5, 5.41) is 9.71. The SMILES string of the molecule is O=C(O)Cc1ccccc1C(=O)N1CCN(c2cc(C(F)(F)F)nc3ccccc23)CC1. The fraction of sp³-hybridized carbons (Fsp3) is 0.261. The van der Waals surface area contributed by atoms with Gasteiger partial charge in [-0.25, -0.2) is 4.98 Å². The molecule has 1 aliphatic rings. The highest BCUT2D eigenvalue weighted by Gasteiger charge is 2.34. The van der Waals surface area contributed by atoms with Crippen LogP contribution in [0, 0.1) is 0 Å². The maximum atomic E-state index is 13.4. The van der Waals surface area contributed by atoms with Crippen molar-refractivity contribution in [2.75, 3.05) is 31.1 Å². The molecule has 9 heteroatoms. The van der Waals surface area contributed by atoms with Crippen molar-refractivity contribution in [3.05, 3.63) is 71.4 Å². The number of carbonyl (C=O) groups is 2. The summed E-state index contributed by atoms with van der Waals surface area (Å²) in [7, 11) is 0. The number of halogens is 3. The molecule has 2 aromatic carbocycles. The second-order valence-corrected chi connectivity index (χ2v) is 7.55. The van der Waals surface area contributed by atoms with Gasteiger partial charge in [-0.3, -0.25) is 9.59 Å². The number of para-hydroxylation sites is 1. The summed E-state index contributed by atoms with van der Waals surface area (Å²) in [5.74, 6) is -1.31. The van der Waals surface area contributed by atoms with E-state index in [1.54, 1.807) is 53.4 Å². The lowest BCUT2D eigenvalue weighted by atomic mass is 10.0. The molecule has 2 heterocycles. The fourth-order valence-corrected chi connectivity index (χ4v) is 3.93. The Morgan fingerprint density at radius 3 is 2.31 bits per heavy atom. The van der Waals surface area contributed by atoms with E-state index < -0.39 is 17.8 Å². The van der Waals surface area contributed by atoms with Crippen molar-refractivity contribution in [3.8, 4) is 0 Å². The minimum absolute atomic E-state index is 0.259. The summed E-state index contributed by atoms with van der Waals surface area (Å²) in [4.78, 5) is 31.3. The van der Waals surface area contributed by atoms with E-state index in [-0.39, 0.29) is 17.8 Å². The molecular weight excluding hydrogens is 423 g/mol. The Labute approximate surface area is 181 Å². The van der Waals surface area contributed by atoms with Crippen LogP contribution in [0.4, 0.5) is 18.9 Å². The van der Waals surface area contributed by atoms with Crippen LogP contribution in [-0.2, 0) is 17.4 Å². The monoisotopic (exact) mass is 443 g/mol. The lowest BCUT2D eigenvalue weighted by Gasteiger charge is -2.37. The van der Waals surface area contributed by atoms with Gasteiger partial charge in [0.2, 0.25) is 0 Å². The Bertz CT molecular complexity index is 1170. The average molecular weight is 443 g/mol. The van der Waals surface area contributed by atoms with E-state index in [0.29, 0.717) is 48.4 Å². The molecule has 1 aromatic heterocycles. The molecule has 166 valence electrons. The molecule has 4 rings (SSSR count). The number of amides is 1. The molecule has 0 aliphatic carbocycles. The molecule has 0 radical (unpaired) electrons. The first-order valence-corrected chi connectivity index (χ1v) is 10.0. The molecule has 6 nitrogen and oxygen atoms in total. The minimum Gasteiger partial charge on any atom is -0.481 e. The first-order valence-electron chi connectivity index (χ1n) is 10.0. The van der Waals surface area contributed by atoms with Crippen LogP contribution in [0.1, 0.15) is 21.6 Å². The quantitative estimate of drug-likeness (QED) is 0.663. The van der Waals surface area contributed by atoms with Crippen molar-refractivity contribution in [2.24, 2.45) is 0 Å². The van der Waals surface area contributed by atoms with E-state index in [1.807, 2.05) is 4.90 Å². The number of aromatic nitrogens is 1. The first-order chi connectivity index (χ1) is 15.2. The standard InChI is InChI=1S/C23H20F3N3O3/c24-23(25,26)20-14-19(17-7-3-4-8-18(17)27-20)28-9-11-29(12-10-28)22(32)16-6-2-1-5-15(16)13-21(30)31/h1-8,14H,9-13H2,(H,30,31). The summed E-state index contributed by atoms with van der Waals surface area (Å²) in [6.07, 6.45) is -4.82. The second kappa shape index (κ2) is 8.49. The zero-order valence-corrected chi connectivity index (χ0v) is 17.0. The number of fused-ring (bicyclic) bond motifs is 1. The highest BCUT2D eigenvalue weighted by Crippen LogP contribution is 2.35. The molecule has 32 heavy (non-hydrogen) atoms. The molecule has 0 atom stereocenters. The molecular formula is C23H20F3N3O3. The normalized spacial score (nSPS) is 14.6. The van der Waals surface area contributed by atoms with Crippen LogP contribution in [-0.4, -0.2) is 53.0 Å². The number of carboxylic acids is 1. The van der Waals surface area contributed by atoms with Crippen LogP contribution in [0.25, 0.3) is 10.9 Å². The van der Waals surface area contributed by atoms with Crippen LogP contribution >= 0.6 is 0 Å². The predicted molar refractivity (Wildman–Crippen MR) is 113 cm³/mol. The summed E-state index contributed by atoms with van der Waals surface area (Å²) in [6.45, 7) is 1.30. The Morgan fingerprint density at radius 1 is 0.969 bits per heavy atom. The second-order valence-electron chi connectivity index (χ2n) is 7.55. The van der Waals surface area contributed by atoms with Crippen LogP contribution in [0.2, 0.25) is 0 Å². The van der Waals surface area contributed by atoms with Crippen molar-refractivity contribution in [3.63, 3.8) is 0 Å². The van der Waals surface area contributed by atoms with E-state index in [1.165, 1.54) is 0 Å². The van der Waals surface area contributed by atoms with Crippen LogP contribution in [0.5, 0.6) is 0 Å². The summed E-state index contributed by atoms with van der Waals surface area (Å²) >= 11 is 0. The van der Waals surface area contributed by atoms with Crippen molar-refractivity contribution in [1.82, 2.24) is 9.88 Å². The van der Waals surface area contributed by atoms with Gasteiger partial charge in [0.05, 0.1) is 11.9 Å². The smallest absolute Gasteiger partial charge is 0.433 e. The van der Waals surface area contributed by atoms with E-state index in [4.69, 9.17) is 5.11 Å². The molecule has 0 bridgehead atoms. The Balaban J connectivity index is 1.57. The van der Waals surface area contributed by atoms with Crippen LogP contribution < -0.4 is 4.90 Å². The third-order valence-electron chi connectivity index (χ3n) is 5.48. The van der Waals surface area contributed by atoms with Crippen molar-refractivity contribution in [1.29, 1.82) is 0 Å². The van der Waals surface area contributed by atoms with Gasteiger partial charge < -0.3 is 14.9 Å². The third-order valence-corrected chi connectivity index (χ3v) is 5.48. The van der Waals surface area contributed by atoms with Gasteiger partial charge in [0, 0.05) is 42.8 Å². The van der Waals surface area contributed by atoms with E-state index in [2.05, 4.69) is 4.98 Å². The highest BCUT2D eigenvalue weighted by atomic mass is 19.4. The molecule has 0 unspecified atom stereocenters. The summed E-state index contributed by atoms with van der Waals surface area (Å²) < 4.78 is 40.1. The largest absolute Gasteiger partial charge is 0.481 e. The molecule has 1 saturated heterocycles. The lowest BCUT2D eigenvalue weighted by molar-refractivity contribution is -0.141. The summed E-state index contributed by atoms with van der Waals surface area (Å²) in [5.41, 5.74) is 0.506. The Morgan fingerprint density at radius 2 is 1.62 bits per heavy atom. The van der Waals surface area contributed by atoms with Gasteiger partial charge in [0.1, 0.15) is 5.69 Å². The summed E-state index contributed by atoms with van der Waals surface area (Å²) in [6, 6.07) is 14.3. The van der Waals surface area contributed by atoms with Crippen molar-refractivity contribution >= 4 is 28.5 Å². The lowest BCUT2D eigenvalue weighted by Crippen LogP contribution is -2.49. The number of nitrogens with zero attached hydrogens (tertiary/aromatic N) is 3. The number of alkyl halides is 3. The van der Waals surface area contributed by atoms with Crippen LogP contribution in [0.15, 0.2) is 54.6 Å². The van der Waals surface area contributed by atoms with Gasteiger partial charge in [-0.2, -0.15) is 13.2 Å². The number of hydrogen-bond acceptors (Lipinski definition) is 4. The zero-order chi connectivity index (χ0) is 22.9. The fourth-order valence-electron chi connectivity index (χ4n) is 3.93. The zero-order valence-electron chi connectivity index (χ0n) is 17.0. The highest BCUT2D eigenvalue weighted by molar-refractivity contribution is 5.97. The van der Waals surface area contributed by atoms with Crippen molar-refractivity contribution < 1.29 is 27.9 Å². The number of benzene rings is 2. The number of anilines is 1. The number of piperazine rings is 1. The van der Waals surface area contributed by atoms with E-state index in [9.17, 15) is 22.8 Å². The first kappa shape index (κ1) is 21.6. The van der Waals surface area contributed by atoms with Gasteiger partial charge in [-0.05, 0) is 23.8 Å². The predicted octanol–water partition coefficient (Wildman–Crippen LogP) is 3.84. The number of carbonyl (C=O) groups excluding carboxylic acids is 1. The average Bonchev–Trinajstić information content (AvgIpc) is 2.77. The molecule has 1 N–H and O–H groups in total. The topological polar surface area (TPSA) is 73.7 Å². The molecule has 1 aliphatic heterocycles. The number of hydrogen-bond donors (Lipinski definition) is 1. The molecule has 0 spiro atoms. The Kier molecular flexibility index (Phi) is 5.73. The molecule has 3 aromatic rings. The van der Waals surface area contributed by atoms with Gasteiger partial charge in [-0.15, -0.1) is 0 Å². The van der Waals surface area contributed by atoms with Gasteiger partial charge >= 0.3 is 12.1 Å². The maximum absolute atomic E-state index is 13.4. The third kappa shape index (κ3) is 4.37. The van der Waals surface area contributed by atoms with E-state index in [0.717, 1.165) is 6.07 Å². The minimum atomic E-state index is -4.57. The Hall–Kier alpha value is -3.62. The molecule has 1 fully saturated rings. The number of aliphatic carboxylic acids is 1. The van der Waals surface area contributed by atoms with Gasteiger partial charge in [0.15, 0.2) is 0 Å². The maximum Gasteiger partial charge on any atom is 0.433 e. The van der Waals surface area contributed by atoms with Gasteiger partial charge in [0.25, 0.3) is 5.91 Å². The van der Waals surface area contributed by atoms with Crippen molar-refractivity contribution in [2.45, 2.75) is 12.6 Å². The number of carboxylic acid groups (broad SMARTS) is 1. The number of pyridine rings is 1. The van der Waals surface area contributed by atoms with Gasteiger partial charge in [-0.1, -0.05) is 36.4 Å². The molecule has 0 saturated carbocycles.